The van der Waals surface area contributed by atoms with Gasteiger partial charge in [0.05, 0.1) is 22.4 Å². The summed E-state index contributed by atoms with van der Waals surface area (Å²) in [4.78, 5) is 17.1. The molecule has 2 N–H and O–H groups in total. The monoisotopic (exact) mass is 487 g/mol. The van der Waals surface area contributed by atoms with E-state index in [-0.39, 0.29) is 17.6 Å². The predicted octanol–water partition coefficient (Wildman–Crippen LogP) is 1.66. The Morgan fingerprint density at radius 1 is 1.10 bits per heavy atom. The third-order valence-electron chi connectivity index (χ3n) is 5.40. The Kier molecular flexibility index (Phi) is 6.23. The molecule has 2 aliphatic heterocycles. The van der Waals surface area contributed by atoms with Crippen LogP contribution in [0, 0.1) is 5.92 Å². The number of nitrogens with one attached hydrogen (secondary N) is 2. The topological polar surface area (TPSA) is 129 Å². The summed E-state index contributed by atoms with van der Waals surface area (Å²) in [6.07, 6.45) is 4.07. The molecule has 1 aromatic heterocycles. The van der Waals surface area contributed by atoms with Gasteiger partial charge in [-0.05, 0) is 43.9 Å². The van der Waals surface area contributed by atoms with Crippen LogP contribution in [0.2, 0.25) is 0 Å². The molecule has 13 heteroatoms. The van der Waals surface area contributed by atoms with Crippen LogP contribution in [0.1, 0.15) is 25.7 Å². The molecule has 170 valence electrons. The van der Waals surface area contributed by atoms with Gasteiger partial charge in [0.15, 0.2) is 5.13 Å². The summed E-state index contributed by atoms with van der Waals surface area (Å²) < 4.78 is 54.5. The fourth-order valence-electron chi connectivity index (χ4n) is 3.90. The van der Waals surface area contributed by atoms with Crippen LogP contribution in [0.5, 0.6) is 0 Å². The average Bonchev–Trinajstić information content (AvgIpc) is 3.36. The molecule has 1 aromatic carbocycles. The van der Waals surface area contributed by atoms with Crippen molar-refractivity contribution in [1.29, 1.82) is 0 Å². The summed E-state index contributed by atoms with van der Waals surface area (Å²) in [5.74, 6) is -0.648. The minimum atomic E-state index is -3.52. The van der Waals surface area contributed by atoms with Crippen LogP contribution in [0.15, 0.2) is 18.2 Å². The number of anilines is 2. The number of sulfonamides is 1. The molecule has 10 nitrogen and oxygen atoms in total. The number of carbonyl (C=O) groups excluding carboxylic acids is 1. The van der Waals surface area contributed by atoms with Gasteiger partial charge in [-0.2, -0.15) is 17.0 Å². The molecule has 1 amide bonds. The first kappa shape index (κ1) is 22.4. The van der Waals surface area contributed by atoms with E-state index >= 15 is 0 Å². The summed E-state index contributed by atoms with van der Waals surface area (Å²) >= 11 is 1.17. The van der Waals surface area contributed by atoms with E-state index in [1.165, 1.54) is 19.9 Å². The highest BCUT2D eigenvalue weighted by Crippen LogP contribution is 2.30. The first-order valence-corrected chi connectivity index (χ1v) is 14.2. The Morgan fingerprint density at radius 2 is 1.81 bits per heavy atom. The van der Waals surface area contributed by atoms with E-state index in [4.69, 9.17) is 0 Å². The number of benzene rings is 1. The van der Waals surface area contributed by atoms with Crippen molar-refractivity contribution in [1.82, 2.24) is 13.6 Å². The Bertz CT molecular complexity index is 1190. The maximum absolute atomic E-state index is 12.8. The molecular formula is C18H25N5O5S3. The summed E-state index contributed by atoms with van der Waals surface area (Å²) in [5, 5.41) is 3.13. The lowest BCUT2D eigenvalue weighted by Gasteiger charge is -2.33. The van der Waals surface area contributed by atoms with Crippen LogP contribution in [-0.2, 0) is 25.0 Å². The molecule has 31 heavy (non-hydrogen) atoms. The molecule has 4 rings (SSSR count). The van der Waals surface area contributed by atoms with E-state index in [1.54, 1.807) is 18.2 Å². The standard InChI is InChI=1S/C18H25N5O5S3/c1-30(25,26)21-18-20-15-7-6-14(11-16(15)29-18)19-17(24)13-5-4-10-23(12-13)31(27,28)22-8-2-3-9-22/h6-7,11,13H,2-5,8-10,12H2,1H3,(H,19,24)(H,20,21). The Morgan fingerprint density at radius 3 is 2.52 bits per heavy atom. The molecule has 0 radical (unpaired) electrons. The van der Waals surface area contributed by atoms with Gasteiger partial charge in [-0.3, -0.25) is 9.52 Å². The van der Waals surface area contributed by atoms with Crippen LogP contribution < -0.4 is 10.0 Å². The van der Waals surface area contributed by atoms with Crippen LogP contribution in [0.3, 0.4) is 0 Å². The summed E-state index contributed by atoms with van der Waals surface area (Å²) in [6.45, 7) is 1.70. The van der Waals surface area contributed by atoms with Crippen molar-refractivity contribution in [3.8, 4) is 0 Å². The predicted molar refractivity (Wildman–Crippen MR) is 121 cm³/mol. The molecule has 0 bridgehead atoms. The first-order chi connectivity index (χ1) is 14.6. The highest BCUT2D eigenvalue weighted by molar-refractivity contribution is 7.92. The van der Waals surface area contributed by atoms with Crippen LogP contribution in [-0.4, -0.2) is 68.8 Å². The van der Waals surface area contributed by atoms with E-state index in [9.17, 15) is 21.6 Å². The number of aromatic nitrogens is 1. The highest BCUT2D eigenvalue weighted by Gasteiger charge is 2.36. The van der Waals surface area contributed by atoms with Gasteiger partial charge in [0.25, 0.3) is 10.2 Å². The van der Waals surface area contributed by atoms with Gasteiger partial charge < -0.3 is 5.32 Å². The number of fused-ring (bicyclic) bond motifs is 1. The lowest BCUT2D eigenvalue weighted by molar-refractivity contribution is -0.120. The summed E-state index contributed by atoms with van der Waals surface area (Å²) in [5.41, 5.74) is 1.18. The van der Waals surface area contributed by atoms with Crippen molar-refractivity contribution in [3.63, 3.8) is 0 Å². The molecule has 1 atom stereocenters. The summed E-state index contributed by atoms with van der Waals surface area (Å²) in [6, 6.07) is 5.14. The quantitative estimate of drug-likeness (QED) is 0.638. The van der Waals surface area contributed by atoms with E-state index in [1.807, 2.05) is 0 Å². The largest absolute Gasteiger partial charge is 0.326 e. The maximum atomic E-state index is 12.8. The van der Waals surface area contributed by atoms with E-state index in [0.29, 0.717) is 43.7 Å². The SMILES string of the molecule is CS(=O)(=O)Nc1nc2ccc(NC(=O)C3CCCN(S(=O)(=O)N4CCCC4)C3)cc2s1. The number of piperidine rings is 1. The van der Waals surface area contributed by atoms with Crippen LogP contribution >= 0.6 is 11.3 Å². The zero-order valence-electron chi connectivity index (χ0n) is 17.1. The molecule has 2 aromatic rings. The van der Waals surface area contributed by atoms with Gasteiger partial charge in [-0.15, -0.1) is 0 Å². The molecule has 0 saturated carbocycles. The Hall–Kier alpha value is -1.80. The van der Waals surface area contributed by atoms with Crippen LogP contribution in [0.25, 0.3) is 10.2 Å². The molecule has 0 aliphatic carbocycles. The van der Waals surface area contributed by atoms with Crippen molar-refractivity contribution < 1.29 is 21.6 Å². The molecule has 2 aliphatic rings. The first-order valence-electron chi connectivity index (χ1n) is 10.1. The lowest BCUT2D eigenvalue weighted by Crippen LogP contribution is -2.49. The Balaban J connectivity index is 1.44. The number of hydrogen-bond donors (Lipinski definition) is 2. The lowest BCUT2D eigenvalue weighted by atomic mass is 9.99. The third kappa shape index (κ3) is 5.17. The molecular weight excluding hydrogens is 462 g/mol. The second-order valence-electron chi connectivity index (χ2n) is 7.88. The molecule has 0 spiro atoms. The molecule has 3 heterocycles. The van der Waals surface area contributed by atoms with Gasteiger partial charge >= 0.3 is 0 Å². The molecule has 1 unspecified atom stereocenters. The van der Waals surface area contributed by atoms with Gasteiger partial charge in [0, 0.05) is 31.9 Å². The zero-order valence-corrected chi connectivity index (χ0v) is 19.5. The molecule has 2 saturated heterocycles. The van der Waals surface area contributed by atoms with Crippen molar-refractivity contribution in [2.24, 2.45) is 5.92 Å². The van der Waals surface area contributed by atoms with Gasteiger partial charge in [-0.1, -0.05) is 11.3 Å². The van der Waals surface area contributed by atoms with E-state index in [0.717, 1.165) is 23.8 Å². The van der Waals surface area contributed by atoms with Crippen molar-refractivity contribution in [2.75, 3.05) is 42.5 Å². The van der Waals surface area contributed by atoms with Crippen molar-refractivity contribution in [3.05, 3.63) is 18.2 Å². The fourth-order valence-corrected chi connectivity index (χ4v) is 7.41. The minimum Gasteiger partial charge on any atom is -0.326 e. The van der Waals surface area contributed by atoms with Gasteiger partial charge in [0.2, 0.25) is 15.9 Å². The maximum Gasteiger partial charge on any atom is 0.281 e. The van der Waals surface area contributed by atoms with E-state index < -0.39 is 26.2 Å². The fraction of sp³-hybridized carbons (Fsp3) is 0.556. The third-order valence-corrected chi connectivity index (χ3v) is 9.03. The molecule has 2 fully saturated rings. The zero-order chi connectivity index (χ0) is 22.2. The highest BCUT2D eigenvalue weighted by atomic mass is 32.2. The summed E-state index contributed by atoms with van der Waals surface area (Å²) in [7, 11) is -6.94. The number of carbonyl (C=O) groups is 1. The number of hydrogen-bond acceptors (Lipinski definition) is 7. The second kappa shape index (κ2) is 8.62. The second-order valence-corrected chi connectivity index (χ2v) is 12.6. The van der Waals surface area contributed by atoms with Crippen molar-refractivity contribution in [2.45, 2.75) is 25.7 Å². The van der Waals surface area contributed by atoms with Crippen molar-refractivity contribution >= 4 is 58.5 Å². The van der Waals surface area contributed by atoms with E-state index in [2.05, 4.69) is 15.0 Å². The number of amides is 1. The van der Waals surface area contributed by atoms with Gasteiger partial charge in [-0.25, -0.2) is 13.4 Å². The number of rotatable bonds is 6. The average molecular weight is 488 g/mol. The smallest absolute Gasteiger partial charge is 0.281 e. The number of thiazole rings is 1. The van der Waals surface area contributed by atoms with Crippen LogP contribution in [0.4, 0.5) is 10.8 Å². The van der Waals surface area contributed by atoms with Gasteiger partial charge in [0.1, 0.15) is 0 Å². The minimum absolute atomic E-state index is 0.176. The normalized spacial score (nSPS) is 21.4. The number of nitrogens with zero attached hydrogens (tertiary/aromatic N) is 3. The Labute approximate surface area is 185 Å².